The van der Waals surface area contributed by atoms with Crippen LogP contribution in [0.15, 0.2) is 29.3 Å². The highest BCUT2D eigenvalue weighted by molar-refractivity contribution is 6.30. The number of benzene rings is 1. The van der Waals surface area contributed by atoms with E-state index in [4.69, 9.17) is 21.3 Å². The number of piperidine rings is 1. The van der Waals surface area contributed by atoms with E-state index in [-0.39, 0.29) is 0 Å². The molecular formula is C19H31ClN4O. The molecule has 1 aromatic rings. The van der Waals surface area contributed by atoms with Gasteiger partial charge in [0.05, 0.1) is 6.54 Å². The van der Waals surface area contributed by atoms with Crippen LogP contribution in [0, 0.1) is 5.92 Å². The van der Waals surface area contributed by atoms with Crippen molar-refractivity contribution in [3.8, 4) is 5.75 Å². The maximum atomic E-state index is 5.98. The van der Waals surface area contributed by atoms with Gasteiger partial charge in [-0.15, -0.1) is 0 Å². The summed E-state index contributed by atoms with van der Waals surface area (Å²) in [5.74, 6) is 2.40. The van der Waals surface area contributed by atoms with E-state index >= 15 is 0 Å². The first kappa shape index (κ1) is 19.9. The van der Waals surface area contributed by atoms with E-state index in [2.05, 4.69) is 36.1 Å². The van der Waals surface area contributed by atoms with E-state index in [0.717, 1.165) is 37.9 Å². The van der Waals surface area contributed by atoms with Crippen LogP contribution in [-0.2, 0) is 0 Å². The first-order valence-corrected chi connectivity index (χ1v) is 9.52. The largest absolute Gasteiger partial charge is 0.492 e. The van der Waals surface area contributed by atoms with Crippen LogP contribution >= 0.6 is 11.6 Å². The molecule has 0 saturated carbocycles. The first-order chi connectivity index (χ1) is 12.1. The number of likely N-dealkylation sites (tertiary alicyclic amines) is 1. The second-order valence-corrected chi connectivity index (χ2v) is 7.13. The molecule has 0 spiro atoms. The molecule has 1 heterocycles. The van der Waals surface area contributed by atoms with E-state index in [1.54, 1.807) is 0 Å². The van der Waals surface area contributed by atoms with Gasteiger partial charge in [0.15, 0.2) is 5.96 Å². The highest BCUT2D eigenvalue weighted by atomic mass is 35.5. The lowest BCUT2D eigenvalue weighted by Gasteiger charge is -2.29. The molecule has 5 nitrogen and oxygen atoms in total. The molecule has 1 saturated heterocycles. The van der Waals surface area contributed by atoms with Crippen LogP contribution in [0.3, 0.4) is 0 Å². The Morgan fingerprint density at radius 1 is 1.48 bits per heavy atom. The molecule has 0 aliphatic carbocycles. The zero-order valence-corrected chi connectivity index (χ0v) is 16.4. The number of aliphatic imine (C=N–C) groups is 1. The van der Waals surface area contributed by atoms with Crippen LogP contribution in [0.25, 0.3) is 0 Å². The Kier molecular flexibility index (Phi) is 8.35. The Morgan fingerprint density at radius 2 is 2.32 bits per heavy atom. The predicted molar refractivity (Wildman–Crippen MR) is 106 cm³/mol. The predicted octanol–water partition coefficient (Wildman–Crippen LogP) is 2.96. The smallest absolute Gasteiger partial charge is 0.193 e. The third kappa shape index (κ3) is 7.12. The van der Waals surface area contributed by atoms with Crippen LogP contribution in [0.2, 0.25) is 5.02 Å². The average Bonchev–Trinajstić information content (AvgIpc) is 2.58. The van der Waals surface area contributed by atoms with Gasteiger partial charge in [0, 0.05) is 31.7 Å². The van der Waals surface area contributed by atoms with E-state index in [1.807, 2.05) is 24.3 Å². The first-order valence-electron chi connectivity index (χ1n) is 9.15. The fraction of sp³-hybridized carbons (Fsp3) is 0.632. The molecule has 140 valence electrons. The zero-order valence-electron chi connectivity index (χ0n) is 15.7. The number of nitrogens with zero attached hydrogens (tertiary/aromatic N) is 3. The molecule has 1 unspecified atom stereocenters. The number of ether oxygens (including phenoxy) is 1. The van der Waals surface area contributed by atoms with Gasteiger partial charge >= 0.3 is 0 Å². The molecule has 6 heteroatoms. The van der Waals surface area contributed by atoms with E-state index in [9.17, 15) is 0 Å². The average molecular weight is 367 g/mol. The number of hydrogen-bond donors (Lipinski definition) is 1. The third-order valence-electron chi connectivity index (χ3n) is 4.41. The number of likely N-dealkylation sites (N-methyl/N-ethyl adjacent to an activating group) is 1. The molecule has 0 aromatic heterocycles. The van der Waals surface area contributed by atoms with Gasteiger partial charge in [-0.05, 0) is 57.5 Å². The minimum Gasteiger partial charge on any atom is -0.492 e. The van der Waals surface area contributed by atoms with Gasteiger partial charge in [0.2, 0.25) is 0 Å². The van der Waals surface area contributed by atoms with Crippen molar-refractivity contribution in [3.05, 3.63) is 29.3 Å². The van der Waals surface area contributed by atoms with Crippen LogP contribution in [-0.4, -0.2) is 69.2 Å². The van der Waals surface area contributed by atoms with Crippen LogP contribution in [0.5, 0.6) is 5.75 Å². The Hall–Kier alpha value is -1.46. The second-order valence-electron chi connectivity index (χ2n) is 6.69. The van der Waals surface area contributed by atoms with Gasteiger partial charge < -0.3 is 19.9 Å². The van der Waals surface area contributed by atoms with Crippen molar-refractivity contribution in [1.29, 1.82) is 0 Å². The van der Waals surface area contributed by atoms with E-state index in [1.165, 1.54) is 19.4 Å². The lowest BCUT2D eigenvalue weighted by atomic mass is 9.99. The molecular weight excluding hydrogens is 336 g/mol. The van der Waals surface area contributed by atoms with Crippen molar-refractivity contribution < 1.29 is 4.74 Å². The van der Waals surface area contributed by atoms with Crippen molar-refractivity contribution in [2.45, 2.75) is 19.8 Å². The Labute approximate surface area is 157 Å². The van der Waals surface area contributed by atoms with Gasteiger partial charge in [-0.2, -0.15) is 0 Å². The maximum absolute atomic E-state index is 5.98. The van der Waals surface area contributed by atoms with Crippen LogP contribution in [0.4, 0.5) is 0 Å². The molecule has 2 rings (SSSR count). The minimum absolute atomic E-state index is 0.591. The SMILES string of the molecule is CCNC(=NCC1CCCN(C)C1)N(C)CCOc1cccc(Cl)c1. The Balaban J connectivity index is 1.81. The summed E-state index contributed by atoms with van der Waals surface area (Å²) < 4.78 is 5.78. The van der Waals surface area contributed by atoms with E-state index in [0.29, 0.717) is 17.5 Å². The molecule has 0 radical (unpaired) electrons. The maximum Gasteiger partial charge on any atom is 0.193 e. The van der Waals surface area contributed by atoms with Crippen molar-refractivity contribution in [2.24, 2.45) is 10.9 Å². The molecule has 1 fully saturated rings. The van der Waals surface area contributed by atoms with Crippen molar-refractivity contribution in [2.75, 3.05) is 53.4 Å². The summed E-state index contributed by atoms with van der Waals surface area (Å²) in [4.78, 5) is 9.37. The summed E-state index contributed by atoms with van der Waals surface area (Å²) in [6, 6.07) is 7.50. The molecule has 25 heavy (non-hydrogen) atoms. The summed E-state index contributed by atoms with van der Waals surface area (Å²) in [7, 11) is 4.25. The molecule has 1 aliphatic heterocycles. The minimum atomic E-state index is 0.591. The molecule has 1 aliphatic rings. The molecule has 0 bridgehead atoms. The number of rotatable bonds is 7. The monoisotopic (exact) mass is 366 g/mol. The fourth-order valence-electron chi connectivity index (χ4n) is 3.07. The van der Waals surface area contributed by atoms with Gasteiger partial charge in [-0.1, -0.05) is 17.7 Å². The number of halogens is 1. The fourth-order valence-corrected chi connectivity index (χ4v) is 3.25. The van der Waals surface area contributed by atoms with E-state index < -0.39 is 0 Å². The molecule has 1 N–H and O–H groups in total. The quantitative estimate of drug-likeness (QED) is 0.595. The van der Waals surface area contributed by atoms with Crippen molar-refractivity contribution in [3.63, 3.8) is 0 Å². The third-order valence-corrected chi connectivity index (χ3v) is 4.64. The normalized spacial score (nSPS) is 18.9. The zero-order chi connectivity index (χ0) is 18.1. The summed E-state index contributed by atoms with van der Waals surface area (Å²) in [5, 5.41) is 4.07. The van der Waals surface area contributed by atoms with Crippen molar-refractivity contribution in [1.82, 2.24) is 15.1 Å². The lowest BCUT2D eigenvalue weighted by Crippen LogP contribution is -2.41. The number of hydrogen-bond acceptors (Lipinski definition) is 3. The summed E-state index contributed by atoms with van der Waals surface area (Å²) >= 11 is 5.98. The standard InChI is InChI=1S/C19H31ClN4O/c1-4-21-19(22-14-16-7-6-10-23(2)15-16)24(3)11-12-25-18-9-5-8-17(20)13-18/h5,8-9,13,16H,4,6-7,10-12,14-15H2,1-3H3,(H,21,22). The van der Waals surface area contributed by atoms with Crippen LogP contribution in [0.1, 0.15) is 19.8 Å². The highest BCUT2D eigenvalue weighted by Gasteiger charge is 2.17. The van der Waals surface area contributed by atoms with Crippen LogP contribution < -0.4 is 10.1 Å². The van der Waals surface area contributed by atoms with Gasteiger partial charge in [-0.3, -0.25) is 4.99 Å². The summed E-state index contributed by atoms with van der Waals surface area (Å²) in [6.07, 6.45) is 2.55. The lowest BCUT2D eigenvalue weighted by molar-refractivity contribution is 0.214. The number of guanidine groups is 1. The number of nitrogens with one attached hydrogen (secondary N) is 1. The molecule has 1 atom stereocenters. The Morgan fingerprint density at radius 3 is 3.04 bits per heavy atom. The highest BCUT2D eigenvalue weighted by Crippen LogP contribution is 2.17. The second kappa shape index (κ2) is 10.5. The van der Waals surface area contributed by atoms with Gasteiger partial charge in [-0.25, -0.2) is 0 Å². The van der Waals surface area contributed by atoms with Crippen molar-refractivity contribution >= 4 is 17.6 Å². The van der Waals surface area contributed by atoms with Gasteiger partial charge in [0.25, 0.3) is 0 Å². The summed E-state index contributed by atoms with van der Waals surface area (Å²) in [5.41, 5.74) is 0. The van der Waals surface area contributed by atoms with Gasteiger partial charge in [0.1, 0.15) is 12.4 Å². The molecule has 0 amide bonds. The summed E-state index contributed by atoms with van der Waals surface area (Å²) in [6.45, 7) is 7.55. The Bertz CT molecular complexity index is 552. The topological polar surface area (TPSA) is 40.1 Å². The molecule has 1 aromatic carbocycles.